The maximum atomic E-state index is 13.9. The van der Waals surface area contributed by atoms with E-state index in [1.165, 1.54) is 24.4 Å². The molecule has 156 valence electrons. The number of fused-ring (bicyclic) bond motifs is 3. The number of nitrogens with one attached hydrogen (secondary N) is 2. The molecule has 2 aromatic rings. The monoisotopic (exact) mass is 411 g/mol. The lowest BCUT2D eigenvalue weighted by Gasteiger charge is -2.22. The van der Waals surface area contributed by atoms with Crippen molar-refractivity contribution in [1.82, 2.24) is 20.2 Å². The number of allylic oxidation sites excluding steroid dienone is 1. The number of nitrogens with two attached hydrogens (primary N) is 1. The predicted octanol–water partition coefficient (Wildman–Crippen LogP) is 2.09. The molecule has 0 spiro atoms. The normalized spacial score (nSPS) is 18.4. The standard InChI is InChI=1S/C20H22FN7O2/c1-11-13-8-12(21)4-5-16(13)29-7-6-28(3)19(24)17(14(9-22)25-2)15-10-26-18(23)20(27-15)30-11/h4-5,8,10-11,24-25H,6-7H2,1-3H3,(H2,23,26)/b17-14-,24-19?/t11-/m1/s1. The Hall–Kier alpha value is -3.87. The van der Waals surface area contributed by atoms with Gasteiger partial charge < -0.3 is 25.4 Å². The van der Waals surface area contributed by atoms with E-state index in [2.05, 4.69) is 15.3 Å². The number of rotatable bonds is 1. The minimum Gasteiger partial charge on any atom is -0.491 e. The Morgan fingerprint density at radius 3 is 2.93 bits per heavy atom. The first-order valence-corrected chi connectivity index (χ1v) is 9.19. The number of nitrogens with zero attached hydrogens (tertiary/aromatic N) is 4. The summed E-state index contributed by atoms with van der Waals surface area (Å²) < 4.78 is 25.6. The number of ether oxygens (including phenoxy) is 2. The highest BCUT2D eigenvalue weighted by molar-refractivity contribution is 6.21. The van der Waals surface area contributed by atoms with E-state index in [9.17, 15) is 9.65 Å². The maximum absolute atomic E-state index is 13.9. The summed E-state index contributed by atoms with van der Waals surface area (Å²) >= 11 is 0. The van der Waals surface area contributed by atoms with Crippen molar-refractivity contribution in [2.45, 2.75) is 13.0 Å². The Kier molecular flexibility index (Phi) is 6.01. The first-order chi connectivity index (χ1) is 14.3. The van der Waals surface area contributed by atoms with Crippen LogP contribution >= 0.6 is 0 Å². The first kappa shape index (κ1) is 20.9. The molecule has 0 aliphatic carbocycles. The van der Waals surface area contributed by atoms with Crippen LogP contribution in [0.5, 0.6) is 11.6 Å². The van der Waals surface area contributed by atoms with Crippen LogP contribution in [0.15, 0.2) is 30.1 Å². The number of nitrogen functional groups attached to an aromatic ring is 1. The zero-order valence-corrected chi connectivity index (χ0v) is 16.9. The second-order valence-corrected chi connectivity index (χ2v) is 6.62. The fraction of sp³-hybridized carbons (Fsp3) is 0.300. The zero-order chi connectivity index (χ0) is 21.8. The van der Waals surface area contributed by atoms with Gasteiger partial charge in [0.25, 0.3) is 5.88 Å². The van der Waals surface area contributed by atoms with Crippen molar-refractivity contribution in [2.75, 3.05) is 33.0 Å². The molecule has 30 heavy (non-hydrogen) atoms. The molecule has 9 nitrogen and oxygen atoms in total. The van der Waals surface area contributed by atoms with Crippen molar-refractivity contribution < 1.29 is 13.9 Å². The van der Waals surface area contributed by atoms with E-state index in [-0.39, 0.29) is 41.1 Å². The lowest BCUT2D eigenvalue weighted by Crippen LogP contribution is -2.32. The van der Waals surface area contributed by atoms with E-state index < -0.39 is 11.9 Å². The number of likely N-dealkylation sites (N-methyl/N-ethyl adjacent to an activating group) is 1. The fourth-order valence-corrected chi connectivity index (χ4v) is 2.99. The van der Waals surface area contributed by atoms with Crippen LogP contribution in [-0.2, 0) is 0 Å². The molecular formula is C20H22FN7O2. The Morgan fingerprint density at radius 2 is 2.23 bits per heavy atom. The van der Waals surface area contributed by atoms with Crippen LogP contribution in [0.3, 0.4) is 0 Å². The van der Waals surface area contributed by atoms with Gasteiger partial charge in [-0.2, -0.15) is 5.26 Å². The fourth-order valence-electron chi connectivity index (χ4n) is 2.99. The summed E-state index contributed by atoms with van der Waals surface area (Å²) in [4.78, 5) is 10.1. The molecule has 0 saturated heterocycles. The average Bonchev–Trinajstić information content (AvgIpc) is 2.73. The van der Waals surface area contributed by atoms with Gasteiger partial charge in [-0.05, 0) is 25.1 Å². The molecule has 2 heterocycles. The molecule has 0 radical (unpaired) electrons. The van der Waals surface area contributed by atoms with E-state index in [0.29, 0.717) is 17.9 Å². The minimum absolute atomic E-state index is 0.0100. The summed E-state index contributed by atoms with van der Waals surface area (Å²) in [5.74, 6) is 0.106. The summed E-state index contributed by atoms with van der Waals surface area (Å²) in [7, 11) is 3.28. The van der Waals surface area contributed by atoms with Gasteiger partial charge in [-0.3, -0.25) is 5.41 Å². The molecule has 2 bridgehead atoms. The van der Waals surface area contributed by atoms with Gasteiger partial charge in [0.15, 0.2) is 5.82 Å². The molecule has 0 unspecified atom stereocenters. The van der Waals surface area contributed by atoms with Crippen LogP contribution in [0.4, 0.5) is 10.2 Å². The summed E-state index contributed by atoms with van der Waals surface area (Å²) in [6.07, 6.45) is 0.732. The summed E-state index contributed by atoms with van der Waals surface area (Å²) in [5.41, 5.74) is 7.06. The number of amidine groups is 1. The lowest BCUT2D eigenvalue weighted by molar-refractivity contribution is 0.206. The van der Waals surface area contributed by atoms with E-state index in [4.69, 9.17) is 20.6 Å². The third-order valence-electron chi connectivity index (χ3n) is 4.64. The third-order valence-corrected chi connectivity index (χ3v) is 4.64. The Morgan fingerprint density at radius 1 is 1.47 bits per heavy atom. The van der Waals surface area contributed by atoms with Gasteiger partial charge in [0.1, 0.15) is 41.9 Å². The Labute approximate surface area is 173 Å². The van der Waals surface area contributed by atoms with Crippen LogP contribution in [-0.4, -0.2) is 48.0 Å². The number of nitriles is 1. The number of anilines is 1. The van der Waals surface area contributed by atoms with E-state index >= 15 is 0 Å². The first-order valence-electron chi connectivity index (χ1n) is 9.19. The zero-order valence-electron chi connectivity index (χ0n) is 16.9. The van der Waals surface area contributed by atoms with Crippen LogP contribution in [0, 0.1) is 22.6 Å². The van der Waals surface area contributed by atoms with Gasteiger partial charge in [-0.25, -0.2) is 14.4 Å². The molecule has 0 amide bonds. The maximum Gasteiger partial charge on any atom is 0.258 e. The number of hydrogen-bond acceptors (Lipinski definition) is 8. The van der Waals surface area contributed by atoms with Crippen LogP contribution in [0.25, 0.3) is 5.57 Å². The number of benzene rings is 1. The molecule has 0 fully saturated rings. The van der Waals surface area contributed by atoms with Crippen molar-refractivity contribution in [3.05, 3.63) is 47.2 Å². The van der Waals surface area contributed by atoms with Gasteiger partial charge in [-0.1, -0.05) is 0 Å². The third kappa shape index (κ3) is 4.10. The van der Waals surface area contributed by atoms with Gasteiger partial charge in [0.05, 0.1) is 24.0 Å². The summed E-state index contributed by atoms with van der Waals surface area (Å²) in [6.45, 7) is 2.28. The Bertz CT molecular complexity index is 1050. The van der Waals surface area contributed by atoms with E-state index in [0.717, 1.165) is 0 Å². The molecule has 1 aliphatic heterocycles. The SMILES string of the molecule is CN/C(C#N)=C1\C(=N)N(C)CCOc2ccc(F)cc2[C@@H](C)Oc2nc1cnc2N. The van der Waals surface area contributed by atoms with E-state index in [1.807, 2.05) is 6.07 Å². The highest BCUT2D eigenvalue weighted by atomic mass is 19.1. The molecule has 0 saturated carbocycles. The highest BCUT2D eigenvalue weighted by Gasteiger charge is 2.24. The summed E-state index contributed by atoms with van der Waals surface area (Å²) in [6, 6.07) is 6.20. The second kappa shape index (κ2) is 8.65. The molecule has 1 atom stereocenters. The summed E-state index contributed by atoms with van der Waals surface area (Å²) in [5, 5.41) is 20.9. The number of hydrogen-bond donors (Lipinski definition) is 3. The van der Waals surface area contributed by atoms with Gasteiger partial charge in [0, 0.05) is 19.7 Å². The van der Waals surface area contributed by atoms with Crippen LogP contribution in [0.1, 0.15) is 24.3 Å². The lowest BCUT2D eigenvalue weighted by atomic mass is 10.1. The average molecular weight is 411 g/mol. The minimum atomic E-state index is -0.646. The van der Waals surface area contributed by atoms with Crippen molar-refractivity contribution in [1.29, 1.82) is 10.7 Å². The molecule has 1 aromatic heterocycles. The van der Waals surface area contributed by atoms with Crippen molar-refractivity contribution in [3.8, 4) is 17.7 Å². The molecular weight excluding hydrogens is 389 g/mol. The molecule has 1 aromatic carbocycles. The smallest absolute Gasteiger partial charge is 0.258 e. The van der Waals surface area contributed by atoms with Crippen molar-refractivity contribution >= 4 is 17.2 Å². The van der Waals surface area contributed by atoms with Crippen molar-refractivity contribution in [2.24, 2.45) is 0 Å². The van der Waals surface area contributed by atoms with Gasteiger partial charge in [0.2, 0.25) is 0 Å². The van der Waals surface area contributed by atoms with Crippen LogP contribution in [0.2, 0.25) is 0 Å². The predicted molar refractivity (Wildman–Crippen MR) is 109 cm³/mol. The highest BCUT2D eigenvalue weighted by Crippen LogP contribution is 2.32. The number of aromatic nitrogens is 2. The van der Waals surface area contributed by atoms with Crippen LogP contribution < -0.4 is 20.5 Å². The molecule has 1 aliphatic rings. The van der Waals surface area contributed by atoms with Gasteiger partial charge >= 0.3 is 0 Å². The number of halogens is 1. The van der Waals surface area contributed by atoms with Gasteiger partial charge in [-0.15, -0.1) is 0 Å². The van der Waals surface area contributed by atoms with Crippen molar-refractivity contribution in [3.63, 3.8) is 0 Å². The molecule has 10 heteroatoms. The largest absolute Gasteiger partial charge is 0.491 e. The molecule has 3 rings (SSSR count). The van der Waals surface area contributed by atoms with E-state index in [1.54, 1.807) is 25.9 Å². The Balaban J connectivity index is 2.18. The quantitative estimate of drug-likeness (QED) is 0.608. The topological polar surface area (TPSA) is 133 Å². The molecule has 4 N–H and O–H groups in total. The second-order valence-electron chi connectivity index (χ2n) is 6.62.